The van der Waals surface area contributed by atoms with Gasteiger partial charge in [-0.2, -0.15) is 0 Å². The molecule has 3 atom stereocenters. The van der Waals surface area contributed by atoms with Gasteiger partial charge >= 0.3 is 0 Å². The first-order valence-corrected chi connectivity index (χ1v) is 4.84. The zero-order chi connectivity index (χ0) is 8.77. The van der Waals surface area contributed by atoms with Crippen molar-refractivity contribution >= 4 is 0 Å². The molecular weight excluding hydrogens is 146 g/mol. The molecule has 0 aromatic rings. The summed E-state index contributed by atoms with van der Waals surface area (Å²) in [6.07, 6.45) is 10.7. The van der Waals surface area contributed by atoms with Gasteiger partial charge in [-0.05, 0) is 39.7 Å². The summed E-state index contributed by atoms with van der Waals surface area (Å²) >= 11 is 0. The van der Waals surface area contributed by atoms with E-state index >= 15 is 0 Å². The van der Waals surface area contributed by atoms with E-state index in [1.54, 1.807) is 0 Å². The third-order valence-corrected chi connectivity index (χ3v) is 3.71. The van der Waals surface area contributed by atoms with Gasteiger partial charge in [0.2, 0.25) is 0 Å². The van der Waals surface area contributed by atoms with E-state index in [1.807, 2.05) is 0 Å². The van der Waals surface area contributed by atoms with Crippen LogP contribution in [0.1, 0.15) is 32.6 Å². The molecule has 2 fully saturated rings. The van der Waals surface area contributed by atoms with Gasteiger partial charge in [0, 0.05) is 17.5 Å². The van der Waals surface area contributed by atoms with E-state index < -0.39 is 0 Å². The van der Waals surface area contributed by atoms with E-state index in [9.17, 15) is 0 Å². The average Bonchev–Trinajstić information content (AvgIpc) is 2.32. The van der Waals surface area contributed by atoms with Crippen LogP contribution in [0, 0.1) is 17.8 Å². The Labute approximate surface area is 75.1 Å². The molecule has 0 aromatic heterocycles. The lowest BCUT2D eigenvalue weighted by Crippen LogP contribution is -2.43. The number of hydrogen-bond acceptors (Lipinski definition) is 1. The van der Waals surface area contributed by atoms with Crippen LogP contribution < -0.4 is 0 Å². The van der Waals surface area contributed by atoms with Crippen LogP contribution in [0.15, 0.2) is 0 Å². The number of rotatable bonds is 0. The van der Waals surface area contributed by atoms with Crippen molar-refractivity contribution in [3.63, 3.8) is 0 Å². The normalized spacial score (nSPS) is 47.4. The zero-order valence-electron chi connectivity index (χ0n) is 8.01. The van der Waals surface area contributed by atoms with Crippen LogP contribution in [0.3, 0.4) is 0 Å². The van der Waals surface area contributed by atoms with E-state index in [2.05, 4.69) is 24.8 Å². The van der Waals surface area contributed by atoms with Gasteiger partial charge in [0.1, 0.15) is 0 Å². The van der Waals surface area contributed by atoms with Gasteiger partial charge in [-0.25, -0.2) is 0 Å². The molecule has 0 aromatic carbocycles. The van der Waals surface area contributed by atoms with Crippen molar-refractivity contribution in [2.24, 2.45) is 5.41 Å². The van der Waals surface area contributed by atoms with Crippen molar-refractivity contribution in [1.82, 2.24) is 4.90 Å². The second-order valence-corrected chi connectivity index (χ2v) is 4.66. The van der Waals surface area contributed by atoms with Crippen molar-refractivity contribution in [3.8, 4) is 12.3 Å². The van der Waals surface area contributed by atoms with Crippen LogP contribution in [0.2, 0.25) is 0 Å². The fourth-order valence-electron chi connectivity index (χ4n) is 2.82. The van der Waals surface area contributed by atoms with Crippen LogP contribution in [0.5, 0.6) is 0 Å². The van der Waals surface area contributed by atoms with Gasteiger partial charge in [0.25, 0.3) is 0 Å². The van der Waals surface area contributed by atoms with Crippen LogP contribution in [0.25, 0.3) is 0 Å². The lowest BCUT2D eigenvalue weighted by Gasteiger charge is -2.40. The van der Waals surface area contributed by atoms with Gasteiger partial charge < -0.3 is 4.90 Å². The highest BCUT2D eigenvalue weighted by Gasteiger charge is 2.43. The van der Waals surface area contributed by atoms with E-state index in [0.717, 1.165) is 12.1 Å². The van der Waals surface area contributed by atoms with Crippen LogP contribution in [-0.4, -0.2) is 24.0 Å². The van der Waals surface area contributed by atoms with Crippen LogP contribution in [0.4, 0.5) is 0 Å². The molecule has 2 rings (SSSR count). The summed E-state index contributed by atoms with van der Waals surface area (Å²) in [6.45, 7) is 2.24. The van der Waals surface area contributed by atoms with Gasteiger partial charge in [-0.3, -0.25) is 0 Å². The molecule has 1 heteroatoms. The molecule has 0 spiro atoms. The third-order valence-electron chi connectivity index (χ3n) is 3.71. The van der Waals surface area contributed by atoms with Crippen LogP contribution >= 0.6 is 0 Å². The van der Waals surface area contributed by atoms with E-state index in [1.165, 1.54) is 25.7 Å². The number of piperidine rings is 1. The van der Waals surface area contributed by atoms with Crippen LogP contribution in [-0.2, 0) is 0 Å². The lowest BCUT2D eigenvalue weighted by molar-refractivity contribution is 0.109. The molecule has 1 nitrogen and oxygen atoms in total. The smallest absolute Gasteiger partial charge is 0.0313 e. The first-order chi connectivity index (χ1) is 5.64. The molecule has 2 saturated heterocycles. The highest BCUT2D eigenvalue weighted by molar-refractivity contribution is 5.11. The van der Waals surface area contributed by atoms with Crippen molar-refractivity contribution in [2.45, 2.75) is 44.7 Å². The molecule has 0 unspecified atom stereocenters. The Bertz CT molecular complexity index is 212. The minimum absolute atomic E-state index is 0.193. The van der Waals surface area contributed by atoms with E-state index in [0.29, 0.717) is 0 Å². The fourth-order valence-corrected chi connectivity index (χ4v) is 2.82. The predicted molar refractivity (Wildman–Crippen MR) is 50.7 cm³/mol. The summed E-state index contributed by atoms with van der Waals surface area (Å²) in [4.78, 5) is 2.53. The van der Waals surface area contributed by atoms with Gasteiger partial charge in [0.05, 0.1) is 0 Å². The topological polar surface area (TPSA) is 3.24 Å². The highest BCUT2D eigenvalue weighted by atomic mass is 15.2. The van der Waals surface area contributed by atoms with Crippen molar-refractivity contribution in [1.29, 1.82) is 0 Å². The molecule has 0 saturated carbocycles. The Balaban J connectivity index is 2.18. The SMILES string of the molecule is C#C[C@]1(C)C[C@H]2CC[C@@H](C1)N2C. The average molecular weight is 163 g/mol. The molecule has 2 heterocycles. The standard InChI is InChI=1S/C11H17N/c1-4-11(2)7-9-5-6-10(8-11)12(9)3/h1,9-10H,5-8H2,2-3H3/t9-,10+,11-. The van der Waals surface area contributed by atoms with E-state index in [4.69, 9.17) is 6.42 Å². The van der Waals surface area contributed by atoms with Gasteiger partial charge in [-0.1, -0.05) is 0 Å². The van der Waals surface area contributed by atoms with Crippen molar-refractivity contribution in [3.05, 3.63) is 0 Å². The predicted octanol–water partition coefficient (Wildman–Crippen LogP) is 1.88. The Morgan fingerprint density at radius 2 is 1.83 bits per heavy atom. The minimum Gasteiger partial charge on any atom is -0.300 e. The maximum atomic E-state index is 5.57. The number of fused-ring (bicyclic) bond motifs is 2. The maximum absolute atomic E-state index is 5.57. The largest absolute Gasteiger partial charge is 0.300 e. The summed E-state index contributed by atoms with van der Waals surface area (Å²) in [5, 5.41) is 0. The second-order valence-electron chi connectivity index (χ2n) is 4.66. The summed E-state index contributed by atoms with van der Waals surface area (Å²) < 4.78 is 0. The molecule has 12 heavy (non-hydrogen) atoms. The fraction of sp³-hybridized carbons (Fsp3) is 0.818. The summed E-state index contributed by atoms with van der Waals surface area (Å²) in [5.41, 5.74) is 0.193. The minimum atomic E-state index is 0.193. The molecule has 0 radical (unpaired) electrons. The molecule has 2 bridgehead atoms. The molecule has 0 amide bonds. The van der Waals surface area contributed by atoms with Crippen molar-refractivity contribution in [2.75, 3.05) is 7.05 Å². The van der Waals surface area contributed by atoms with E-state index in [-0.39, 0.29) is 5.41 Å². The quantitative estimate of drug-likeness (QED) is 0.493. The maximum Gasteiger partial charge on any atom is 0.0313 e. The van der Waals surface area contributed by atoms with Gasteiger partial charge in [-0.15, -0.1) is 12.3 Å². The molecule has 0 aliphatic carbocycles. The summed E-state index contributed by atoms with van der Waals surface area (Å²) in [6, 6.07) is 1.54. The number of terminal acetylenes is 1. The first-order valence-electron chi connectivity index (χ1n) is 4.84. The highest BCUT2D eigenvalue weighted by Crippen LogP contribution is 2.43. The third kappa shape index (κ3) is 1.06. The number of nitrogens with zero attached hydrogens (tertiary/aromatic N) is 1. The first kappa shape index (κ1) is 8.13. The van der Waals surface area contributed by atoms with Crippen molar-refractivity contribution < 1.29 is 0 Å². The second kappa shape index (κ2) is 2.50. The Morgan fingerprint density at radius 3 is 2.25 bits per heavy atom. The molecule has 0 N–H and O–H groups in total. The molecule has 2 aliphatic heterocycles. The summed E-state index contributed by atoms with van der Waals surface area (Å²) in [5.74, 6) is 2.98. The van der Waals surface area contributed by atoms with Gasteiger partial charge in [0.15, 0.2) is 0 Å². The Morgan fingerprint density at radius 1 is 1.33 bits per heavy atom. The summed E-state index contributed by atoms with van der Waals surface area (Å²) in [7, 11) is 2.25. The Kier molecular flexibility index (Phi) is 1.70. The lowest BCUT2D eigenvalue weighted by atomic mass is 9.77. The molecular formula is C11H17N. The molecule has 2 aliphatic rings. The zero-order valence-corrected chi connectivity index (χ0v) is 8.01. The molecule has 66 valence electrons. The Hall–Kier alpha value is -0.480. The monoisotopic (exact) mass is 163 g/mol. The number of hydrogen-bond donors (Lipinski definition) is 0.